The zero-order valence-electron chi connectivity index (χ0n) is 14.2. The van der Waals surface area contributed by atoms with E-state index < -0.39 is 10.0 Å². The Balaban J connectivity index is 2.09. The minimum atomic E-state index is -3.57. The Bertz CT molecular complexity index is 629. The number of nitrogens with zero attached hydrogens (tertiary/aromatic N) is 1. The summed E-state index contributed by atoms with van der Waals surface area (Å²) in [4.78, 5) is 2.25. The van der Waals surface area contributed by atoms with Gasteiger partial charge in [0, 0.05) is 18.7 Å². The molecule has 23 heavy (non-hydrogen) atoms. The topological polar surface area (TPSA) is 67.9 Å². The Hall–Kier alpha value is -1.31. The highest BCUT2D eigenvalue weighted by Gasteiger charge is 2.21. The molecule has 1 aliphatic heterocycles. The molecule has 1 unspecified atom stereocenters. The number of rotatable bonds is 7. The van der Waals surface area contributed by atoms with Gasteiger partial charge in [0.05, 0.1) is 4.90 Å². The fourth-order valence-corrected chi connectivity index (χ4v) is 3.59. The first-order valence-corrected chi connectivity index (χ1v) is 9.33. The van der Waals surface area contributed by atoms with E-state index in [1.807, 2.05) is 19.0 Å². The number of benzene rings is 1. The molecule has 6 nitrogen and oxygen atoms in total. The molecule has 0 amide bonds. The molecule has 0 saturated carbocycles. The summed E-state index contributed by atoms with van der Waals surface area (Å²) in [5.74, 6) is 1.56. The lowest BCUT2D eigenvalue weighted by molar-refractivity contribution is 0.171. The van der Waals surface area contributed by atoms with Gasteiger partial charge in [-0.25, -0.2) is 13.1 Å². The second kappa shape index (κ2) is 7.51. The molecular formula is C16H26N2O4S. The third-order valence-corrected chi connectivity index (χ3v) is 5.23. The molecule has 1 aromatic carbocycles. The molecule has 0 saturated heterocycles. The van der Waals surface area contributed by atoms with Crippen molar-refractivity contribution in [1.29, 1.82) is 0 Å². The van der Waals surface area contributed by atoms with Gasteiger partial charge < -0.3 is 14.4 Å². The van der Waals surface area contributed by atoms with Crippen molar-refractivity contribution in [2.45, 2.75) is 31.2 Å². The normalized spacial score (nSPS) is 15.9. The van der Waals surface area contributed by atoms with E-state index in [2.05, 4.69) is 18.6 Å². The molecule has 1 atom stereocenters. The Morgan fingerprint density at radius 2 is 1.83 bits per heavy atom. The molecule has 0 radical (unpaired) electrons. The summed E-state index contributed by atoms with van der Waals surface area (Å²) in [6.07, 6.45) is 0.927. The first-order valence-electron chi connectivity index (χ1n) is 7.85. The SMILES string of the molecule is CC(C)CC(CNS(=O)(=O)c1ccc2c(c1)OCCO2)N(C)C. The van der Waals surface area contributed by atoms with E-state index in [4.69, 9.17) is 9.47 Å². The number of hydrogen-bond acceptors (Lipinski definition) is 5. The van der Waals surface area contributed by atoms with Crippen LogP contribution in [-0.2, 0) is 10.0 Å². The van der Waals surface area contributed by atoms with Crippen LogP contribution in [0.15, 0.2) is 23.1 Å². The molecule has 0 aliphatic carbocycles. The van der Waals surface area contributed by atoms with Crippen LogP contribution in [0.25, 0.3) is 0 Å². The van der Waals surface area contributed by atoms with Crippen molar-refractivity contribution in [1.82, 2.24) is 9.62 Å². The van der Waals surface area contributed by atoms with Crippen LogP contribution >= 0.6 is 0 Å². The average Bonchev–Trinajstić information content (AvgIpc) is 2.50. The minimum absolute atomic E-state index is 0.155. The Kier molecular flexibility index (Phi) is 5.89. The van der Waals surface area contributed by atoms with E-state index in [9.17, 15) is 8.42 Å². The second-order valence-electron chi connectivity index (χ2n) is 6.40. The van der Waals surface area contributed by atoms with Gasteiger partial charge in [0.2, 0.25) is 10.0 Å². The quantitative estimate of drug-likeness (QED) is 0.817. The van der Waals surface area contributed by atoms with Gasteiger partial charge in [-0.15, -0.1) is 0 Å². The Labute approximate surface area is 138 Å². The zero-order valence-corrected chi connectivity index (χ0v) is 15.0. The predicted octanol–water partition coefficient (Wildman–Crippen LogP) is 1.71. The molecular weight excluding hydrogens is 316 g/mol. The summed E-state index contributed by atoms with van der Waals surface area (Å²) in [7, 11) is 0.357. The maximum absolute atomic E-state index is 12.5. The number of nitrogens with one attached hydrogen (secondary N) is 1. The third-order valence-electron chi connectivity index (χ3n) is 3.81. The van der Waals surface area contributed by atoms with Crippen molar-refractivity contribution in [3.63, 3.8) is 0 Å². The number of sulfonamides is 1. The van der Waals surface area contributed by atoms with Crippen LogP contribution < -0.4 is 14.2 Å². The number of ether oxygens (including phenoxy) is 2. The van der Waals surface area contributed by atoms with Crippen LogP contribution in [0.1, 0.15) is 20.3 Å². The highest BCUT2D eigenvalue weighted by molar-refractivity contribution is 7.89. The maximum atomic E-state index is 12.5. The molecule has 0 spiro atoms. The van der Waals surface area contributed by atoms with E-state index in [0.717, 1.165) is 6.42 Å². The monoisotopic (exact) mass is 342 g/mol. The van der Waals surface area contributed by atoms with E-state index >= 15 is 0 Å². The first kappa shape index (κ1) is 18.0. The number of fused-ring (bicyclic) bond motifs is 1. The standard InChI is InChI=1S/C16H26N2O4S/c1-12(2)9-13(18(3)4)11-17-23(19,20)14-5-6-15-16(10-14)22-8-7-21-15/h5-6,10,12-13,17H,7-9,11H2,1-4H3. The molecule has 1 aromatic rings. The molecule has 0 aromatic heterocycles. The van der Waals surface area contributed by atoms with Crippen molar-refractivity contribution in [3.8, 4) is 11.5 Å². The van der Waals surface area contributed by atoms with Crippen LogP contribution in [0.5, 0.6) is 11.5 Å². The van der Waals surface area contributed by atoms with Crippen molar-refractivity contribution in [3.05, 3.63) is 18.2 Å². The summed E-state index contributed by atoms with van der Waals surface area (Å²) >= 11 is 0. The van der Waals surface area contributed by atoms with Crippen LogP contribution in [-0.4, -0.2) is 53.2 Å². The van der Waals surface area contributed by atoms with Crippen molar-refractivity contribution in [2.75, 3.05) is 33.9 Å². The van der Waals surface area contributed by atoms with Gasteiger partial charge in [0.1, 0.15) is 13.2 Å². The van der Waals surface area contributed by atoms with E-state index in [-0.39, 0.29) is 10.9 Å². The second-order valence-corrected chi connectivity index (χ2v) is 8.17. The van der Waals surface area contributed by atoms with Crippen LogP contribution in [0, 0.1) is 5.92 Å². The van der Waals surface area contributed by atoms with Gasteiger partial charge in [-0.3, -0.25) is 0 Å². The lowest BCUT2D eigenvalue weighted by Gasteiger charge is -2.26. The van der Waals surface area contributed by atoms with Crippen molar-refractivity contribution < 1.29 is 17.9 Å². The fraction of sp³-hybridized carbons (Fsp3) is 0.625. The molecule has 2 rings (SSSR count). The van der Waals surface area contributed by atoms with E-state index in [1.165, 1.54) is 6.07 Å². The van der Waals surface area contributed by atoms with Gasteiger partial charge in [-0.2, -0.15) is 0 Å². The first-order chi connectivity index (χ1) is 10.8. The summed E-state index contributed by atoms with van der Waals surface area (Å²) in [5.41, 5.74) is 0. The molecule has 0 fully saturated rings. The van der Waals surface area contributed by atoms with Gasteiger partial charge in [-0.1, -0.05) is 13.8 Å². The van der Waals surface area contributed by atoms with Gasteiger partial charge >= 0.3 is 0 Å². The van der Waals surface area contributed by atoms with Crippen LogP contribution in [0.2, 0.25) is 0 Å². The number of hydrogen-bond donors (Lipinski definition) is 1. The average molecular weight is 342 g/mol. The van der Waals surface area contributed by atoms with Crippen LogP contribution in [0.3, 0.4) is 0 Å². The van der Waals surface area contributed by atoms with E-state index in [0.29, 0.717) is 37.2 Å². The predicted molar refractivity (Wildman–Crippen MR) is 89.6 cm³/mol. The lowest BCUT2D eigenvalue weighted by atomic mass is 10.0. The van der Waals surface area contributed by atoms with Crippen molar-refractivity contribution in [2.24, 2.45) is 5.92 Å². The molecule has 1 heterocycles. The molecule has 0 bridgehead atoms. The lowest BCUT2D eigenvalue weighted by Crippen LogP contribution is -2.41. The Morgan fingerprint density at radius 3 is 2.43 bits per heavy atom. The molecule has 1 aliphatic rings. The summed E-state index contributed by atoms with van der Waals surface area (Å²) < 4.78 is 38.6. The van der Waals surface area contributed by atoms with Gasteiger partial charge in [0.15, 0.2) is 11.5 Å². The minimum Gasteiger partial charge on any atom is -0.486 e. The molecule has 130 valence electrons. The Morgan fingerprint density at radius 1 is 1.17 bits per heavy atom. The largest absolute Gasteiger partial charge is 0.486 e. The van der Waals surface area contributed by atoms with Gasteiger partial charge in [0.25, 0.3) is 0 Å². The summed E-state index contributed by atoms with van der Waals surface area (Å²) in [5, 5.41) is 0. The van der Waals surface area contributed by atoms with E-state index in [1.54, 1.807) is 12.1 Å². The summed E-state index contributed by atoms with van der Waals surface area (Å²) in [6, 6.07) is 4.86. The zero-order chi connectivity index (χ0) is 17.0. The highest BCUT2D eigenvalue weighted by Crippen LogP contribution is 2.32. The highest BCUT2D eigenvalue weighted by atomic mass is 32.2. The van der Waals surface area contributed by atoms with Crippen molar-refractivity contribution >= 4 is 10.0 Å². The molecule has 1 N–H and O–H groups in total. The molecule has 7 heteroatoms. The number of likely N-dealkylation sites (N-methyl/N-ethyl adjacent to an activating group) is 1. The smallest absolute Gasteiger partial charge is 0.240 e. The fourth-order valence-electron chi connectivity index (χ4n) is 2.50. The maximum Gasteiger partial charge on any atom is 0.240 e. The summed E-state index contributed by atoms with van der Waals surface area (Å²) in [6.45, 7) is 5.55. The van der Waals surface area contributed by atoms with Crippen LogP contribution in [0.4, 0.5) is 0 Å². The van der Waals surface area contributed by atoms with Gasteiger partial charge in [-0.05, 0) is 38.6 Å². The third kappa shape index (κ3) is 4.83.